The Morgan fingerprint density at radius 3 is 2.83 bits per heavy atom. The second-order valence-electron chi connectivity index (χ2n) is 3.67. The molecular weight excluding hydrogens is 246 g/mol. The second kappa shape index (κ2) is 4.58. The molecule has 6 heteroatoms. The molecule has 3 rings (SSSR count). The molecule has 0 saturated carbocycles. The Balaban J connectivity index is 1.93. The fourth-order valence-corrected chi connectivity index (χ4v) is 2.37. The Bertz CT molecular complexity index is 662. The summed E-state index contributed by atoms with van der Waals surface area (Å²) in [6.45, 7) is 0. The molecule has 0 fully saturated rings. The predicted molar refractivity (Wildman–Crippen MR) is 74.5 cm³/mol. The highest BCUT2D eigenvalue weighted by Crippen LogP contribution is 2.26. The van der Waals surface area contributed by atoms with Crippen molar-refractivity contribution in [3.05, 3.63) is 36.1 Å². The number of fused-ring (bicyclic) bond motifs is 1. The molecule has 3 heterocycles. The zero-order valence-electron chi connectivity index (χ0n) is 9.71. The van der Waals surface area contributed by atoms with E-state index in [-0.39, 0.29) is 0 Å². The summed E-state index contributed by atoms with van der Waals surface area (Å²) in [5.41, 5.74) is 0.903. The smallest absolute Gasteiger partial charge is 0.142 e. The van der Waals surface area contributed by atoms with Crippen LogP contribution in [0.15, 0.2) is 36.1 Å². The van der Waals surface area contributed by atoms with Gasteiger partial charge in [-0.3, -0.25) is 0 Å². The van der Waals surface area contributed by atoms with Gasteiger partial charge in [-0.05, 0) is 23.6 Å². The molecule has 90 valence electrons. The number of hydrogen-bond donors (Lipinski definition) is 2. The van der Waals surface area contributed by atoms with E-state index in [1.54, 1.807) is 23.9 Å². The van der Waals surface area contributed by atoms with E-state index in [0.717, 1.165) is 27.5 Å². The van der Waals surface area contributed by atoms with Crippen molar-refractivity contribution in [2.24, 2.45) is 0 Å². The van der Waals surface area contributed by atoms with Gasteiger partial charge in [0.05, 0.1) is 17.3 Å². The highest BCUT2D eigenvalue weighted by atomic mass is 32.1. The van der Waals surface area contributed by atoms with Crippen LogP contribution >= 0.6 is 11.3 Å². The van der Waals surface area contributed by atoms with Gasteiger partial charge in [0.15, 0.2) is 0 Å². The molecule has 3 aromatic heterocycles. The highest BCUT2D eigenvalue weighted by molar-refractivity contribution is 7.16. The van der Waals surface area contributed by atoms with E-state index in [2.05, 4.69) is 25.6 Å². The summed E-state index contributed by atoms with van der Waals surface area (Å²) < 4.78 is 0. The van der Waals surface area contributed by atoms with Crippen molar-refractivity contribution in [2.45, 2.75) is 0 Å². The van der Waals surface area contributed by atoms with Gasteiger partial charge < -0.3 is 10.6 Å². The van der Waals surface area contributed by atoms with Crippen molar-refractivity contribution in [3.63, 3.8) is 0 Å². The second-order valence-corrected chi connectivity index (χ2v) is 4.56. The van der Waals surface area contributed by atoms with Crippen LogP contribution in [0.5, 0.6) is 0 Å². The Morgan fingerprint density at radius 1 is 1.11 bits per heavy atom. The van der Waals surface area contributed by atoms with E-state index < -0.39 is 0 Å². The molecule has 0 aromatic carbocycles. The fourth-order valence-electron chi connectivity index (χ4n) is 1.64. The first-order valence-corrected chi connectivity index (χ1v) is 6.34. The number of hydrogen-bond acceptors (Lipinski definition) is 6. The number of thiophene rings is 1. The minimum Gasteiger partial charge on any atom is -0.373 e. The summed E-state index contributed by atoms with van der Waals surface area (Å²) >= 11 is 1.60. The summed E-state index contributed by atoms with van der Waals surface area (Å²) in [6, 6.07) is 5.88. The van der Waals surface area contributed by atoms with Crippen molar-refractivity contribution in [2.75, 3.05) is 17.7 Å². The van der Waals surface area contributed by atoms with E-state index in [1.165, 1.54) is 0 Å². The average molecular weight is 257 g/mol. The van der Waals surface area contributed by atoms with Crippen molar-refractivity contribution in [1.82, 2.24) is 15.0 Å². The van der Waals surface area contributed by atoms with Crippen LogP contribution in [0.4, 0.5) is 17.3 Å². The van der Waals surface area contributed by atoms with Crippen LogP contribution in [0.3, 0.4) is 0 Å². The normalized spacial score (nSPS) is 10.5. The number of rotatable bonds is 3. The molecule has 0 bridgehead atoms. The third kappa shape index (κ3) is 1.98. The van der Waals surface area contributed by atoms with Gasteiger partial charge in [0.25, 0.3) is 0 Å². The number of nitrogens with one attached hydrogen (secondary N) is 2. The van der Waals surface area contributed by atoms with Gasteiger partial charge in [-0.1, -0.05) is 0 Å². The minimum atomic E-state index is 0.806. The number of anilines is 3. The molecule has 0 aliphatic heterocycles. The van der Waals surface area contributed by atoms with Gasteiger partial charge >= 0.3 is 0 Å². The summed E-state index contributed by atoms with van der Waals surface area (Å²) in [5.74, 6) is 1.64. The van der Waals surface area contributed by atoms with Crippen LogP contribution in [0, 0.1) is 0 Å². The molecule has 2 N–H and O–H groups in total. The van der Waals surface area contributed by atoms with Gasteiger partial charge in [-0.15, -0.1) is 11.3 Å². The maximum absolute atomic E-state index is 4.26. The Hall–Kier alpha value is -2.21. The third-order valence-electron chi connectivity index (χ3n) is 2.54. The molecule has 18 heavy (non-hydrogen) atoms. The first kappa shape index (κ1) is 10.9. The molecular formula is C12H11N5S. The lowest BCUT2D eigenvalue weighted by molar-refractivity contribution is 1.22. The largest absolute Gasteiger partial charge is 0.373 e. The fraction of sp³-hybridized carbons (Fsp3) is 0.0833. The Kier molecular flexibility index (Phi) is 2.77. The summed E-state index contributed by atoms with van der Waals surface area (Å²) in [7, 11) is 1.84. The van der Waals surface area contributed by atoms with E-state index in [4.69, 9.17) is 0 Å². The van der Waals surface area contributed by atoms with Crippen molar-refractivity contribution in [3.8, 4) is 0 Å². The lowest BCUT2D eigenvalue weighted by atomic mass is 10.3. The number of nitrogens with zero attached hydrogens (tertiary/aromatic N) is 3. The van der Waals surface area contributed by atoms with Crippen LogP contribution < -0.4 is 10.6 Å². The minimum absolute atomic E-state index is 0.806. The van der Waals surface area contributed by atoms with Crippen LogP contribution in [0.25, 0.3) is 10.2 Å². The number of aromatic nitrogens is 3. The van der Waals surface area contributed by atoms with E-state index >= 15 is 0 Å². The van der Waals surface area contributed by atoms with Crippen LogP contribution in [0.1, 0.15) is 0 Å². The first-order chi connectivity index (χ1) is 8.86. The third-order valence-corrected chi connectivity index (χ3v) is 3.36. The molecule has 0 amide bonds. The topological polar surface area (TPSA) is 62.7 Å². The quantitative estimate of drug-likeness (QED) is 0.755. The van der Waals surface area contributed by atoms with Crippen LogP contribution in [0.2, 0.25) is 0 Å². The Labute approximate surface area is 108 Å². The predicted octanol–water partition coefficient (Wildman–Crippen LogP) is 2.87. The first-order valence-electron chi connectivity index (χ1n) is 5.46. The standard InChI is InChI=1S/C12H11N5S/c1-13-10-3-2-8(6-14-10)17-11-9-4-5-18-12(9)16-7-15-11/h2-7H,1H3,(H,13,14)(H,15,16,17). The van der Waals surface area contributed by atoms with Crippen LogP contribution in [-0.4, -0.2) is 22.0 Å². The average Bonchev–Trinajstić information content (AvgIpc) is 2.89. The zero-order chi connectivity index (χ0) is 12.4. The zero-order valence-corrected chi connectivity index (χ0v) is 10.5. The van der Waals surface area contributed by atoms with Gasteiger partial charge in [-0.2, -0.15) is 0 Å². The summed E-state index contributed by atoms with van der Waals surface area (Å²) in [5, 5.41) is 9.27. The van der Waals surface area contributed by atoms with E-state index in [1.807, 2.05) is 30.6 Å². The number of pyridine rings is 1. The summed E-state index contributed by atoms with van der Waals surface area (Å²) in [6.07, 6.45) is 3.34. The monoisotopic (exact) mass is 257 g/mol. The lowest BCUT2D eigenvalue weighted by Crippen LogP contribution is -1.97. The summed E-state index contributed by atoms with van der Waals surface area (Å²) in [4.78, 5) is 13.7. The highest BCUT2D eigenvalue weighted by Gasteiger charge is 2.04. The molecule has 5 nitrogen and oxygen atoms in total. The lowest BCUT2D eigenvalue weighted by Gasteiger charge is -2.06. The van der Waals surface area contributed by atoms with Gasteiger partial charge in [0.1, 0.15) is 22.8 Å². The van der Waals surface area contributed by atoms with Crippen molar-refractivity contribution < 1.29 is 0 Å². The molecule has 0 aliphatic rings. The molecule has 0 spiro atoms. The molecule has 0 unspecified atom stereocenters. The maximum Gasteiger partial charge on any atom is 0.142 e. The molecule has 0 radical (unpaired) electrons. The Morgan fingerprint density at radius 2 is 2.06 bits per heavy atom. The van der Waals surface area contributed by atoms with Gasteiger partial charge in [-0.25, -0.2) is 15.0 Å². The maximum atomic E-state index is 4.26. The van der Waals surface area contributed by atoms with Gasteiger partial charge in [0, 0.05) is 7.05 Å². The molecule has 0 saturated heterocycles. The molecule has 0 aliphatic carbocycles. The van der Waals surface area contributed by atoms with E-state index in [0.29, 0.717) is 0 Å². The van der Waals surface area contributed by atoms with Crippen LogP contribution in [-0.2, 0) is 0 Å². The SMILES string of the molecule is CNc1ccc(Nc2ncnc3sccc23)cn1. The van der Waals surface area contributed by atoms with E-state index in [9.17, 15) is 0 Å². The van der Waals surface area contributed by atoms with Crippen molar-refractivity contribution in [1.29, 1.82) is 0 Å². The molecule has 3 aromatic rings. The van der Waals surface area contributed by atoms with Gasteiger partial charge in [0.2, 0.25) is 0 Å². The molecule has 0 atom stereocenters. The van der Waals surface area contributed by atoms with Crippen molar-refractivity contribution >= 4 is 38.9 Å².